The molecule has 3 atom stereocenters. The third kappa shape index (κ3) is 1.49. The predicted molar refractivity (Wildman–Crippen MR) is 47.4 cm³/mol. The van der Waals surface area contributed by atoms with Crippen LogP contribution in [-0.4, -0.2) is 18.2 Å². The minimum absolute atomic E-state index is 0.113. The van der Waals surface area contributed by atoms with Gasteiger partial charge in [0.05, 0.1) is 6.10 Å². The molecule has 2 bridgehead atoms. The second-order valence-corrected chi connectivity index (χ2v) is 4.51. The second kappa shape index (κ2) is 2.98. The third-order valence-electron chi connectivity index (χ3n) is 3.23. The summed E-state index contributed by atoms with van der Waals surface area (Å²) in [5.74, 6) is 6.28. The molecule has 3 nitrogen and oxygen atoms in total. The lowest BCUT2D eigenvalue weighted by atomic mass is 9.89. The molecule has 1 unspecified atom stereocenters. The Kier molecular flexibility index (Phi) is 2.10. The first-order chi connectivity index (χ1) is 5.72. The fourth-order valence-corrected chi connectivity index (χ4v) is 2.52. The van der Waals surface area contributed by atoms with Crippen molar-refractivity contribution in [3.8, 4) is 0 Å². The fourth-order valence-electron chi connectivity index (χ4n) is 2.52. The molecule has 3 fully saturated rings. The summed E-state index contributed by atoms with van der Waals surface area (Å²) in [6.45, 7) is 3.15. The number of hydrazine groups is 1. The van der Waals surface area contributed by atoms with Gasteiger partial charge in [0.15, 0.2) is 0 Å². The fraction of sp³-hybridized carbons (Fsp3) is 1.00. The van der Waals surface area contributed by atoms with Crippen molar-refractivity contribution in [3.63, 3.8) is 0 Å². The minimum atomic E-state index is 0.113. The number of ether oxygens (including phenoxy) is 1. The highest BCUT2D eigenvalue weighted by atomic mass is 16.5. The van der Waals surface area contributed by atoms with Crippen LogP contribution >= 0.6 is 0 Å². The van der Waals surface area contributed by atoms with Gasteiger partial charge in [0.1, 0.15) is 0 Å². The highest BCUT2D eigenvalue weighted by Crippen LogP contribution is 2.36. The Balaban J connectivity index is 2.11. The van der Waals surface area contributed by atoms with Crippen molar-refractivity contribution < 1.29 is 4.74 Å². The van der Waals surface area contributed by atoms with E-state index in [2.05, 4.69) is 12.3 Å². The standard InChI is InChI=1S/C9H18N2O/c1-9(11-10)4-7-2-3-8(5-9)12-6-7/h7-8,11H,2-6,10H2,1H3/t7-,8-,9?/m0/s1. The minimum Gasteiger partial charge on any atom is -0.378 e. The maximum Gasteiger partial charge on any atom is 0.0593 e. The van der Waals surface area contributed by atoms with Gasteiger partial charge in [0.2, 0.25) is 0 Å². The summed E-state index contributed by atoms with van der Waals surface area (Å²) in [5.41, 5.74) is 3.05. The highest BCUT2D eigenvalue weighted by Gasteiger charge is 2.37. The number of nitrogens with two attached hydrogens (primary N) is 1. The zero-order valence-corrected chi connectivity index (χ0v) is 7.68. The lowest BCUT2D eigenvalue weighted by molar-refractivity contribution is -0.00316. The molecule has 1 saturated carbocycles. The molecule has 3 N–H and O–H groups in total. The van der Waals surface area contributed by atoms with Gasteiger partial charge in [0.25, 0.3) is 0 Å². The molecule has 0 radical (unpaired) electrons. The van der Waals surface area contributed by atoms with E-state index in [1.807, 2.05) is 0 Å². The zero-order chi connectivity index (χ0) is 8.60. The number of hydrogen-bond donors (Lipinski definition) is 2. The molecule has 0 spiro atoms. The summed E-state index contributed by atoms with van der Waals surface area (Å²) in [6, 6.07) is 0. The molecule has 0 aromatic carbocycles. The molecule has 0 aromatic rings. The molecular weight excluding hydrogens is 152 g/mol. The first-order valence-electron chi connectivity index (χ1n) is 4.81. The van der Waals surface area contributed by atoms with Gasteiger partial charge in [-0.3, -0.25) is 11.3 Å². The molecule has 1 aliphatic carbocycles. The topological polar surface area (TPSA) is 47.3 Å². The predicted octanol–water partition coefficient (Wildman–Crippen LogP) is 0.797. The van der Waals surface area contributed by atoms with E-state index >= 15 is 0 Å². The Morgan fingerprint density at radius 1 is 1.42 bits per heavy atom. The van der Waals surface area contributed by atoms with Crippen molar-refractivity contribution in [2.75, 3.05) is 6.61 Å². The van der Waals surface area contributed by atoms with E-state index in [1.165, 1.54) is 19.3 Å². The largest absolute Gasteiger partial charge is 0.378 e. The Morgan fingerprint density at radius 3 is 2.83 bits per heavy atom. The van der Waals surface area contributed by atoms with Crippen LogP contribution in [0.3, 0.4) is 0 Å². The third-order valence-corrected chi connectivity index (χ3v) is 3.23. The summed E-state index contributed by atoms with van der Waals surface area (Å²) < 4.78 is 5.70. The summed E-state index contributed by atoms with van der Waals surface area (Å²) >= 11 is 0. The van der Waals surface area contributed by atoms with Gasteiger partial charge < -0.3 is 4.74 Å². The molecule has 2 aliphatic heterocycles. The molecule has 12 heavy (non-hydrogen) atoms. The molecule has 2 saturated heterocycles. The van der Waals surface area contributed by atoms with Gasteiger partial charge in [0, 0.05) is 12.1 Å². The van der Waals surface area contributed by atoms with Crippen molar-refractivity contribution in [2.45, 2.75) is 44.2 Å². The van der Waals surface area contributed by atoms with Gasteiger partial charge >= 0.3 is 0 Å². The number of nitrogens with one attached hydrogen (secondary N) is 1. The average Bonchev–Trinajstić information content (AvgIpc) is 2.32. The van der Waals surface area contributed by atoms with Gasteiger partial charge in [-0.05, 0) is 38.5 Å². The lowest BCUT2D eigenvalue weighted by Gasteiger charge is -2.28. The zero-order valence-electron chi connectivity index (χ0n) is 7.68. The molecule has 0 amide bonds. The van der Waals surface area contributed by atoms with Crippen LogP contribution in [0.15, 0.2) is 0 Å². The second-order valence-electron chi connectivity index (χ2n) is 4.51. The molecular formula is C9H18N2O. The monoisotopic (exact) mass is 170 g/mol. The Labute approximate surface area is 73.6 Å². The van der Waals surface area contributed by atoms with E-state index in [9.17, 15) is 0 Å². The van der Waals surface area contributed by atoms with E-state index in [-0.39, 0.29) is 5.54 Å². The van der Waals surface area contributed by atoms with Crippen LogP contribution in [0.4, 0.5) is 0 Å². The van der Waals surface area contributed by atoms with Crippen molar-refractivity contribution in [3.05, 3.63) is 0 Å². The van der Waals surface area contributed by atoms with Gasteiger partial charge in [-0.2, -0.15) is 0 Å². The Morgan fingerprint density at radius 2 is 2.25 bits per heavy atom. The average molecular weight is 170 g/mol. The first kappa shape index (κ1) is 8.48. The first-order valence-corrected chi connectivity index (χ1v) is 4.81. The number of rotatable bonds is 1. The van der Waals surface area contributed by atoms with Crippen molar-refractivity contribution in [1.29, 1.82) is 0 Å². The summed E-state index contributed by atoms with van der Waals surface area (Å²) in [7, 11) is 0. The van der Waals surface area contributed by atoms with Crippen LogP contribution in [0, 0.1) is 5.92 Å². The van der Waals surface area contributed by atoms with Gasteiger partial charge in [-0.25, -0.2) is 0 Å². The van der Waals surface area contributed by atoms with Gasteiger partial charge in [-0.15, -0.1) is 0 Å². The smallest absolute Gasteiger partial charge is 0.0593 e. The highest BCUT2D eigenvalue weighted by molar-refractivity contribution is 4.92. The summed E-state index contributed by atoms with van der Waals surface area (Å²) in [4.78, 5) is 0. The number of hydrogen-bond acceptors (Lipinski definition) is 3. The van der Waals surface area contributed by atoms with E-state index in [0.717, 1.165) is 18.9 Å². The Bertz CT molecular complexity index is 150. The molecule has 0 aromatic heterocycles. The molecule has 3 aliphatic rings. The lowest BCUT2D eigenvalue weighted by Crippen LogP contribution is -2.48. The van der Waals surface area contributed by atoms with Crippen LogP contribution in [0.5, 0.6) is 0 Å². The summed E-state index contributed by atoms with van der Waals surface area (Å²) in [6.07, 6.45) is 5.23. The molecule has 70 valence electrons. The van der Waals surface area contributed by atoms with Crippen molar-refractivity contribution >= 4 is 0 Å². The van der Waals surface area contributed by atoms with Crippen molar-refractivity contribution in [2.24, 2.45) is 11.8 Å². The van der Waals surface area contributed by atoms with Crippen LogP contribution in [-0.2, 0) is 4.74 Å². The van der Waals surface area contributed by atoms with E-state index < -0.39 is 0 Å². The maximum absolute atomic E-state index is 5.70. The van der Waals surface area contributed by atoms with E-state index in [4.69, 9.17) is 10.6 Å². The van der Waals surface area contributed by atoms with E-state index in [1.54, 1.807) is 0 Å². The Hall–Kier alpha value is -0.120. The molecule has 3 heteroatoms. The van der Waals surface area contributed by atoms with Crippen LogP contribution in [0.2, 0.25) is 0 Å². The summed E-state index contributed by atoms with van der Waals surface area (Å²) in [5, 5.41) is 0. The maximum atomic E-state index is 5.70. The molecule has 3 rings (SSSR count). The van der Waals surface area contributed by atoms with Crippen LogP contribution in [0.1, 0.15) is 32.6 Å². The SMILES string of the molecule is CC1(NN)C[C@@H]2CC[C@@H](C1)OC2. The van der Waals surface area contributed by atoms with Crippen LogP contribution < -0.4 is 11.3 Å². The van der Waals surface area contributed by atoms with Crippen molar-refractivity contribution in [1.82, 2.24) is 5.43 Å². The van der Waals surface area contributed by atoms with Crippen LogP contribution in [0.25, 0.3) is 0 Å². The molecule has 2 heterocycles. The number of fused-ring (bicyclic) bond motifs is 4. The van der Waals surface area contributed by atoms with E-state index in [0.29, 0.717) is 6.10 Å². The normalized spacial score (nSPS) is 47.5. The quantitative estimate of drug-likeness (QED) is 0.452. The van der Waals surface area contributed by atoms with Gasteiger partial charge in [-0.1, -0.05) is 0 Å².